The van der Waals surface area contributed by atoms with Gasteiger partial charge in [-0.25, -0.2) is 0 Å². The number of ether oxygens (including phenoxy) is 1. The molecule has 5 nitrogen and oxygen atoms in total. The lowest BCUT2D eigenvalue weighted by atomic mass is 10.1. The van der Waals surface area contributed by atoms with E-state index in [4.69, 9.17) is 16.3 Å². The standard InChI is InChI=1S/C15H15ClN2O3/c1-18-8-12(7-13(16)15(18)20)17-14(19)11-5-3-10(4-6-11)9-21-2/h3-8H,9H2,1-2H3,(H,17,19). The third kappa shape index (κ3) is 3.71. The normalized spacial score (nSPS) is 10.4. The number of aromatic nitrogens is 1. The Morgan fingerprint density at radius 1 is 1.33 bits per heavy atom. The monoisotopic (exact) mass is 306 g/mol. The first-order valence-electron chi connectivity index (χ1n) is 6.26. The number of nitrogens with zero attached hydrogens (tertiary/aromatic N) is 1. The van der Waals surface area contributed by atoms with Crippen LogP contribution in [-0.2, 0) is 18.4 Å². The van der Waals surface area contributed by atoms with Crippen LogP contribution in [0.5, 0.6) is 0 Å². The van der Waals surface area contributed by atoms with Gasteiger partial charge in [0.1, 0.15) is 5.02 Å². The Balaban J connectivity index is 2.16. The zero-order chi connectivity index (χ0) is 15.4. The van der Waals surface area contributed by atoms with Crippen LogP contribution in [0.1, 0.15) is 15.9 Å². The molecule has 0 bridgehead atoms. The van der Waals surface area contributed by atoms with Gasteiger partial charge in [0.15, 0.2) is 0 Å². The van der Waals surface area contributed by atoms with Gasteiger partial charge in [0.2, 0.25) is 0 Å². The molecule has 2 rings (SSSR count). The van der Waals surface area contributed by atoms with E-state index in [1.165, 1.54) is 16.8 Å². The number of rotatable bonds is 4. The number of methoxy groups -OCH3 is 1. The van der Waals surface area contributed by atoms with E-state index in [2.05, 4.69) is 5.32 Å². The molecule has 1 amide bonds. The number of pyridine rings is 1. The lowest BCUT2D eigenvalue weighted by molar-refractivity contribution is 0.102. The highest BCUT2D eigenvalue weighted by molar-refractivity contribution is 6.30. The number of hydrogen-bond acceptors (Lipinski definition) is 3. The van der Waals surface area contributed by atoms with Crippen molar-refractivity contribution >= 4 is 23.2 Å². The van der Waals surface area contributed by atoms with Gasteiger partial charge in [-0.15, -0.1) is 0 Å². The van der Waals surface area contributed by atoms with Crippen LogP contribution >= 0.6 is 11.6 Å². The van der Waals surface area contributed by atoms with E-state index in [9.17, 15) is 9.59 Å². The second-order valence-corrected chi connectivity index (χ2v) is 4.98. The lowest BCUT2D eigenvalue weighted by Crippen LogP contribution is -2.19. The number of anilines is 1. The van der Waals surface area contributed by atoms with Crippen molar-refractivity contribution in [3.63, 3.8) is 0 Å². The number of carbonyl (C=O) groups excluding carboxylic acids is 1. The van der Waals surface area contributed by atoms with Gasteiger partial charge < -0.3 is 14.6 Å². The zero-order valence-electron chi connectivity index (χ0n) is 11.7. The Morgan fingerprint density at radius 2 is 2.00 bits per heavy atom. The van der Waals surface area contributed by atoms with E-state index in [0.717, 1.165) is 5.56 Å². The molecule has 110 valence electrons. The van der Waals surface area contributed by atoms with Crippen molar-refractivity contribution in [2.24, 2.45) is 7.05 Å². The van der Waals surface area contributed by atoms with Crippen molar-refractivity contribution in [1.82, 2.24) is 4.57 Å². The zero-order valence-corrected chi connectivity index (χ0v) is 12.5. The Labute approximate surface area is 127 Å². The smallest absolute Gasteiger partial charge is 0.269 e. The van der Waals surface area contributed by atoms with E-state index >= 15 is 0 Å². The van der Waals surface area contributed by atoms with Gasteiger partial charge in [-0.1, -0.05) is 23.7 Å². The van der Waals surface area contributed by atoms with Gasteiger partial charge >= 0.3 is 0 Å². The molecule has 1 heterocycles. The Morgan fingerprint density at radius 3 is 2.57 bits per heavy atom. The predicted octanol–water partition coefficient (Wildman–Crippen LogP) is 2.44. The molecule has 6 heteroatoms. The number of nitrogens with one attached hydrogen (secondary N) is 1. The van der Waals surface area contributed by atoms with Gasteiger partial charge in [0.25, 0.3) is 11.5 Å². The highest BCUT2D eigenvalue weighted by atomic mass is 35.5. The third-order valence-electron chi connectivity index (χ3n) is 2.92. The third-order valence-corrected chi connectivity index (χ3v) is 3.20. The Hall–Kier alpha value is -2.11. The topological polar surface area (TPSA) is 60.3 Å². The summed E-state index contributed by atoms with van der Waals surface area (Å²) in [4.78, 5) is 23.6. The summed E-state index contributed by atoms with van der Waals surface area (Å²) in [5, 5.41) is 2.77. The molecule has 2 aromatic rings. The van der Waals surface area contributed by atoms with Crippen LogP contribution in [0.4, 0.5) is 5.69 Å². The van der Waals surface area contributed by atoms with E-state index in [1.54, 1.807) is 26.3 Å². The summed E-state index contributed by atoms with van der Waals surface area (Å²) in [6, 6.07) is 8.51. The van der Waals surface area contributed by atoms with Crippen molar-refractivity contribution in [3.05, 3.63) is 63.0 Å². The van der Waals surface area contributed by atoms with Crippen LogP contribution in [0.2, 0.25) is 5.02 Å². The first-order valence-corrected chi connectivity index (χ1v) is 6.64. The second-order valence-electron chi connectivity index (χ2n) is 4.58. The van der Waals surface area contributed by atoms with Gasteiger partial charge in [-0.3, -0.25) is 9.59 Å². The van der Waals surface area contributed by atoms with Crippen molar-refractivity contribution in [3.8, 4) is 0 Å². The molecular weight excluding hydrogens is 292 g/mol. The highest BCUT2D eigenvalue weighted by Crippen LogP contribution is 2.13. The minimum absolute atomic E-state index is 0.0609. The maximum atomic E-state index is 12.1. The average molecular weight is 307 g/mol. The van der Waals surface area contributed by atoms with Gasteiger partial charge in [0, 0.05) is 25.9 Å². The Bertz CT molecular complexity index is 682. The van der Waals surface area contributed by atoms with Gasteiger partial charge in [-0.2, -0.15) is 0 Å². The molecule has 21 heavy (non-hydrogen) atoms. The fraction of sp³-hybridized carbons (Fsp3) is 0.200. The van der Waals surface area contributed by atoms with Crippen LogP contribution < -0.4 is 10.9 Å². The maximum absolute atomic E-state index is 12.1. The number of hydrogen-bond donors (Lipinski definition) is 1. The molecule has 0 radical (unpaired) electrons. The SMILES string of the molecule is COCc1ccc(C(=O)Nc2cc(Cl)c(=O)n(C)c2)cc1. The number of amides is 1. The lowest BCUT2D eigenvalue weighted by Gasteiger charge is -2.08. The van der Waals surface area contributed by atoms with Crippen LogP contribution in [0.15, 0.2) is 41.3 Å². The number of halogens is 1. The molecule has 0 saturated carbocycles. The summed E-state index contributed by atoms with van der Waals surface area (Å²) in [5.41, 5.74) is 1.66. The van der Waals surface area contributed by atoms with E-state index in [-0.39, 0.29) is 16.5 Å². The minimum atomic E-state index is -0.307. The fourth-order valence-electron chi connectivity index (χ4n) is 1.86. The highest BCUT2D eigenvalue weighted by Gasteiger charge is 2.08. The second kappa shape index (κ2) is 6.56. The summed E-state index contributed by atoms with van der Waals surface area (Å²) in [5.74, 6) is -0.270. The first kappa shape index (κ1) is 15.3. The summed E-state index contributed by atoms with van der Waals surface area (Å²) < 4.78 is 6.33. The molecule has 0 unspecified atom stereocenters. The molecule has 1 aromatic carbocycles. The predicted molar refractivity (Wildman–Crippen MR) is 81.8 cm³/mol. The number of carbonyl (C=O) groups is 1. The Kier molecular flexibility index (Phi) is 4.77. The molecular formula is C15H15ClN2O3. The van der Waals surface area contributed by atoms with E-state index < -0.39 is 0 Å². The largest absolute Gasteiger partial charge is 0.380 e. The van der Waals surface area contributed by atoms with Crippen LogP contribution in [0, 0.1) is 0 Å². The van der Waals surface area contributed by atoms with E-state index in [1.807, 2.05) is 12.1 Å². The van der Waals surface area contributed by atoms with E-state index in [0.29, 0.717) is 17.9 Å². The fourth-order valence-corrected chi connectivity index (χ4v) is 2.11. The molecule has 0 aliphatic carbocycles. The minimum Gasteiger partial charge on any atom is -0.380 e. The summed E-state index contributed by atoms with van der Waals surface area (Å²) in [6.07, 6.45) is 1.52. The van der Waals surface area contributed by atoms with Gasteiger partial charge in [-0.05, 0) is 23.8 Å². The van der Waals surface area contributed by atoms with Crippen molar-refractivity contribution in [1.29, 1.82) is 0 Å². The molecule has 1 N–H and O–H groups in total. The molecule has 0 aliphatic rings. The van der Waals surface area contributed by atoms with Crippen LogP contribution in [-0.4, -0.2) is 17.6 Å². The first-order chi connectivity index (χ1) is 10.0. The number of aryl methyl sites for hydroxylation is 1. The van der Waals surface area contributed by atoms with Crippen LogP contribution in [0.3, 0.4) is 0 Å². The summed E-state index contributed by atoms with van der Waals surface area (Å²) >= 11 is 5.81. The van der Waals surface area contributed by atoms with Crippen molar-refractivity contribution in [2.75, 3.05) is 12.4 Å². The molecule has 0 fully saturated rings. The summed E-state index contributed by atoms with van der Waals surface area (Å²) in [7, 11) is 3.19. The van der Waals surface area contributed by atoms with Crippen molar-refractivity contribution < 1.29 is 9.53 Å². The van der Waals surface area contributed by atoms with Gasteiger partial charge in [0.05, 0.1) is 12.3 Å². The molecule has 0 spiro atoms. The average Bonchev–Trinajstić information content (AvgIpc) is 2.45. The van der Waals surface area contributed by atoms with Crippen molar-refractivity contribution in [2.45, 2.75) is 6.61 Å². The molecule has 0 atom stereocenters. The summed E-state index contributed by atoms with van der Waals surface area (Å²) in [6.45, 7) is 0.498. The maximum Gasteiger partial charge on any atom is 0.269 e. The molecule has 0 saturated heterocycles. The number of benzene rings is 1. The molecule has 1 aromatic heterocycles. The van der Waals surface area contributed by atoms with Crippen LogP contribution in [0.25, 0.3) is 0 Å². The molecule has 0 aliphatic heterocycles. The quantitative estimate of drug-likeness (QED) is 0.944.